The second-order valence-electron chi connectivity index (χ2n) is 5.00. The summed E-state index contributed by atoms with van der Waals surface area (Å²) >= 11 is 2.02. The first-order valence-electron chi connectivity index (χ1n) is 6.35. The molecule has 0 saturated carbocycles. The number of ketones is 1. The predicted molar refractivity (Wildman–Crippen MR) is 74.9 cm³/mol. The lowest BCUT2D eigenvalue weighted by Gasteiger charge is -2.20. The Morgan fingerprint density at radius 2 is 2.00 bits per heavy atom. The van der Waals surface area contributed by atoms with Gasteiger partial charge in [0.25, 0.3) is 0 Å². The molecular weight excluding hydrogens is 228 g/mol. The standard InChI is InChI=1S/C15H20OS/c1-11-3-4-14(12(2)9-11)15(16)10-13-5-7-17-8-6-13/h3-4,9,13H,5-8,10H2,1-2H3. The summed E-state index contributed by atoms with van der Waals surface area (Å²) in [6.07, 6.45) is 3.16. The molecule has 0 unspecified atom stereocenters. The Morgan fingerprint density at radius 1 is 1.29 bits per heavy atom. The minimum absolute atomic E-state index is 0.333. The number of aryl methyl sites for hydroxylation is 2. The molecule has 1 fully saturated rings. The van der Waals surface area contributed by atoms with E-state index >= 15 is 0 Å². The van der Waals surface area contributed by atoms with Gasteiger partial charge in [-0.2, -0.15) is 11.8 Å². The van der Waals surface area contributed by atoms with Crippen LogP contribution >= 0.6 is 11.8 Å². The van der Waals surface area contributed by atoms with Crippen molar-refractivity contribution in [2.24, 2.45) is 5.92 Å². The summed E-state index contributed by atoms with van der Waals surface area (Å²) in [5.41, 5.74) is 3.28. The molecular formula is C15H20OS. The van der Waals surface area contributed by atoms with Gasteiger partial charge in [-0.1, -0.05) is 23.8 Å². The average Bonchev–Trinajstić information content (AvgIpc) is 2.30. The summed E-state index contributed by atoms with van der Waals surface area (Å²) in [5.74, 6) is 3.40. The van der Waals surface area contributed by atoms with Crippen molar-refractivity contribution in [1.82, 2.24) is 0 Å². The second kappa shape index (κ2) is 5.72. The van der Waals surface area contributed by atoms with Crippen LogP contribution in [0, 0.1) is 19.8 Å². The molecule has 1 aromatic rings. The molecule has 17 heavy (non-hydrogen) atoms. The molecule has 0 aromatic heterocycles. The van der Waals surface area contributed by atoms with E-state index in [-0.39, 0.29) is 0 Å². The maximum Gasteiger partial charge on any atom is 0.163 e. The molecule has 0 atom stereocenters. The summed E-state index contributed by atoms with van der Waals surface area (Å²) in [7, 11) is 0. The Kier molecular flexibility index (Phi) is 4.27. The summed E-state index contributed by atoms with van der Waals surface area (Å²) in [5, 5.41) is 0. The van der Waals surface area contributed by atoms with Gasteiger partial charge >= 0.3 is 0 Å². The number of hydrogen-bond acceptors (Lipinski definition) is 2. The number of benzene rings is 1. The number of hydrogen-bond donors (Lipinski definition) is 0. The van der Waals surface area contributed by atoms with Crippen molar-refractivity contribution in [3.8, 4) is 0 Å². The Labute approximate surface area is 108 Å². The van der Waals surface area contributed by atoms with Gasteiger partial charge in [-0.25, -0.2) is 0 Å². The predicted octanol–water partition coefficient (Wildman–Crippen LogP) is 4.02. The van der Waals surface area contributed by atoms with E-state index < -0.39 is 0 Å². The summed E-state index contributed by atoms with van der Waals surface area (Å²) < 4.78 is 0. The van der Waals surface area contributed by atoms with Crippen molar-refractivity contribution in [2.75, 3.05) is 11.5 Å². The number of Topliss-reactive ketones (excluding diaryl/α,β-unsaturated/α-hetero) is 1. The first kappa shape index (κ1) is 12.7. The maximum atomic E-state index is 12.2. The van der Waals surface area contributed by atoms with Crippen LogP contribution in [0.1, 0.15) is 40.7 Å². The second-order valence-corrected chi connectivity index (χ2v) is 6.23. The zero-order valence-corrected chi connectivity index (χ0v) is 11.5. The minimum Gasteiger partial charge on any atom is -0.294 e. The van der Waals surface area contributed by atoms with E-state index in [9.17, 15) is 4.79 Å². The van der Waals surface area contributed by atoms with E-state index in [1.807, 2.05) is 30.8 Å². The monoisotopic (exact) mass is 248 g/mol. The van der Waals surface area contributed by atoms with Gasteiger partial charge in [0.2, 0.25) is 0 Å². The number of thioether (sulfide) groups is 1. The van der Waals surface area contributed by atoms with E-state index in [4.69, 9.17) is 0 Å². The Hall–Kier alpha value is -0.760. The zero-order chi connectivity index (χ0) is 12.3. The van der Waals surface area contributed by atoms with Crippen molar-refractivity contribution in [2.45, 2.75) is 33.1 Å². The molecule has 2 heteroatoms. The average molecular weight is 248 g/mol. The van der Waals surface area contributed by atoms with Gasteiger partial charge in [0, 0.05) is 12.0 Å². The largest absolute Gasteiger partial charge is 0.294 e. The molecule has 2 rings (SSSR count). The van der Waals surface area contributed by atoms with Gasteiger partial charge in [0.05, 0.1) is 0 Å². The maximum absolute atomic E-state index is 12.2. The normalized spacial score (nSPS) is 17.1. The summed E-state index contributed by atoms with van der Waals surface area (Å²) in [6, 6.07) is 6.13. The Bertz CT molecular complexity index is 405. The van der Waals surface area contributed by atoms with Gasteiger partial charge in [-0.3, -0.25) is 4.79 Å². The Balaban J connectivity index is 2.03. The van der Waals surface area contributed by atoms with E-state index in [2.05, 4.69) is 13.0 Å². The third kappa shape index (κ3) is 3.35. The van der Waals surface area contributed by atoms with Crippen molar-refractivity contribution in [3.05, 3.63) is 34.9 Å². The lowest BCUT2D eigenvalue weighted by molar-refractivity contribution is 0.0958. The highest BCUT2D eigenvalue weighted by molar-refractivity contribution is 7.99. The van der Waals surface area contributed by atoms with Crippen LogP contribution in [0.5, 0.6) is 0 Å². The van der Waals surface area contributed by atoms with Crippen LogP contribution in [0.25, 0.3) is 0 Å². The van der Waals surface area contributed by atoms with Crippen molar-refractivity contribution in [3.63, 3.8) is 0 Å². The van der Waals surface area contributed by atoms with Crippen LogP contribution in [0.4, 0.5) is 0 Å². The molecule has 1 nitrogen and oxygen atoms in total. The fraction of sp³-hybridized carbons (Fsp3) is 0.533. The van der Waals surface area contributed by atoms with Gasteiger partial charge in [0.15, 0.2) is 5.78 Å². The molecule has 0 radical (unpaired) electrons. The number of carbonyl (C=O) groups excluding carboxylic acids is 1. The molecule has 1 heterocycles. The fourth-order valence-electron chi connectivity index (χ4n) is 2.45. The molecule has 1 aliphatic heterocycles. The molecule has 1 aromatic carbocycles. The topological polar surface area (TPSA) is 17.1 Å². The molecule has 0 aliphatic carbocycles. The van der Waals surface area contributed by atoms with Gasteiger partial charge in [0.1, 0.15) is 0 Å². The van der Waals surface area contributed by atoms with Crippen LogP contribution in [0.2, 0.25) is 0 Å². The van der Waals surface area contributed by atoms with Crippen molar-refractivity contribution >= 4 is 17.5 Å². The number of carbonyl (C=O) groups is 1. The lowest BCUT2D eigenvalue weighted by Crippen LogP contribution is -2.15. The van der Waals surface area contributed by atoms with Gasteiger partial charge < -0.3 is 0 Å². The lowest BCUT2D eigenvalue weighted by atomic mass is 9.91. The quantitative estimate of drug-likeness (QED) is 0.752. The first-order valence-corrected chi connectivity index (χ1v) is 7.50. The highest BCUT2D eigenvalue weighted by Gasteiger charge is 2.19. The van der Waals surface area contributed by atoms with Crippen LogP contribution < -0.4 is 0 Å². The fourth-order valence-corrected chi connectivity index (χ4v) is 3.65. The van der Waals surface area contributed by atoms with Crippen LogP contribution in [-0.4, -0.2) is 17.3 Å². The third-order valence-electron chi connectivity index (χ3n) is 3.50. The van der Waals surface area contributed by atoms with E-state index in [1.54, 1.807) is 0 Å². The van der Waals surface area contributed by atoms with Crippen molar-refractivity contribution in [1.29, 1.82) is 0 Å². The van der Waals surface area contributed by atoms with Gasteiger partial charge in [-0.15, -0.1) is 0 Å². The SMILES string of the molecule is Cc1ccc(C(=O)CC2CCSCC2)c(C)c1. The van der Waals surface area contributed by atoms with E-state index in [0.29, 0.717) is 11.7 Å². The molecule has 0 amide bonds. The molecule has 0 bridgehead atoms. The minimum atomic E-state index is 0.333. The van der Waals surface area contributed by atoms with Crippen LogP contribution in [-0.2, 0) is 0 Å². The van der Waals surface area contributed by atoms with E-state index in [1.165, 1.54) is 29.9 Å². The van der Waals surface area contributed by atoms with Crippen LogP contribution in [0.3, 0.4) is 0 Å². The Morgan fingerprint density at radius 3 is 2.65 bits per heavy atom. The van der Waals surface area contributed by atoms with Crippen molar-refractivity contribution < 1.29 is 4.79 Å². The highest BCUT2D eigenvalue weighted by Crippen LogP contribution is 2.27. The molecule has 92 valence electrons. The number of rotatable bonds is 3. The van der Waals surface area contributed by atoms with E-state index in [0.717, 1.165) is 17.5 Å². The first-order chi connectivity index (χ1) is 8.16. The highest BCUT2D eigenvalue weighted by atomic mass is 32.2. The summed E-state index contributed by atoms with van der Waals surface area (Å²) in [4.78, 5) is 12.2. The summed E-state index contributed by atoms with van der Waals surface area (Å²) in [6.45, 7) is 4.11. The zero-order valence-electron chi connectivity index (χ0n) is 10.7. The molecule has 0 N–H and O–H groups in total. The smallest absolute Gasteiger partial charge is 0.163 e. The van der Waals surface area contributed by atoms with Gasteiger partial charge in [-0.05, 0) is 49.7 Å². The third-order valence-corrected chi connectivity index (χ3v) is 4.55. The molecule has 1 aliphatic rings. The van der Waals surface area contributed by atoms with Crippen LogP contribution in [0.15, 0.2) is 18.2 Å². The molecule has 1 saturated heterocycles. The molecule has 0 spiro atoms.